The van der Waals surface area contributed by atoms with E-state index >= 15 is 0 Å². The van der Waals surface area contributed by atoms with Crippen molar-refractivity contribution in [2.75, 3.05) is 6.54 Å². The number of nitrogens with zero attached hydrogens (tertiary/aromatic N) is 1. The van der Waals surface area contributed by atoms with Crippen LogP contribution in [0.2, 0.25) is 5.02 Å². The molecule has 2 N–H and O–H groups in total. The fraction of sp³-hybridized carbons (Fsp3) is 0.533. The molecule has 0 fully saturated rings. The molecule has 0 heterocycles. The first-order valence-electron chi connectivity index (χ1n) is 6.92. The van der Waals surface area contributed by atoms with E-state index in [1.807, 2.05) is 13.8 Å². The Kier molecular flexibility index (Phi) is 6.42. The Bertz CT molecular complexity index is 495. The van der Waals surface area contributed by atoms with Gasteiger partial charge in [0.1, 0.15) is 5.82 Å². The van der Waals surface area contributed by atoms with Gasteiger partial charge < -0.3 is 15.3 Å². The van der Waals surface area contributed by atoms with Crippen molar-refractivity contribution < 1.29 is 14.3 Å². The average molecular weight is 317 g/mol. The molecule has 1 rings (SSSR count). The van der Waals surface area contributed by atoms with Gasteiger partial charge in [-0.15, -0.1) is 0 Å². The van der Waals surface area contributed by atoms with Gasteiger partial charge in [0.25, 0.3) is 0 Å². The predicted octanol–water partition coefficient (Wildman–Crippen LogP) is 3.34. The molecule has 0 aromatic heterocycles. The molecule has 1 aromatic carbocycles. The van der Waals surface area contributed by atoms with Crippen molar-refractivity contribution in [1.29, 1.82) is 0 Å². The van der Waals surface area contributed by atoms with Gasteiger partial charge in [-0.2, -0.15) is 0 Å². The average Bonchev–Trinajstić information content (AvgIpc) is 2.38. The van der Waals surface area contributed by atoms with Crippen LogP contribution in [0.25, 0.3) is 0 Å². The molecule has 21 heavy (non-hydrogen) atoms. The Labute approximate surface area is 129 Å². The third-order valence-electron chi connectivity index (χ3n) is 3.13. The van der Waals surface area contributed by atoms with E-state index in [0.29, 0.717) is 0 Å². The van der Waals surface area contributed by atoms with Crippen LogP contribution in [0.4, 0.5) is 9.18 Å². The standard InChI is InChI=1S/C15H22ClFN2O2/c1-9(2)19(8-10(3)20)15(21)18-11(4)12-5-6-14(17)13(16)7-12/h5-7,9-11,20H,8H2,1-4H3,(H,18,21). The number of aliphatic hydroxyl groups excluding tert-OH is 1. The Morgan fingerprint density at radius 3 is 2.48 bits per heavy atom. The highest BCUT2D eigenvalue weighted by atomic mass is 35.5. The number of hydrogen-bond donors (Lipinski definition) is 2. The number of urea groups is 1. The van der Waals surface area contributed by atoms with Crippen LogP contribution in [0.5, 0.6) is 0 Å². The van der Waals surface area contributed by atoms with Crippen molar-refractivity contribution in [2.45, 2.75) is 45.9 Å². The first-order valence-corrected chi connectivity index (χ1v) is 7.30. The van der Waals surface area contributed by atoms with Crippen LogP contribution >= 0.6 is 11.6 Å². The maximum atomic E-state index is 13.1. The van der Waals surface area contributed by atoms with Crippen molar-refractivity contribution in [2.24, 2.45) is 0 Å². The predicted molar refractivity (Wildman–Crippen MR) is 81.9 cm³/mol. The molecule has 2 amide bonds. The van der Waals surface area contributed by atoms with Crippen LogP contribution < -0.4 is 5.32 Å². The Balaban J connectivity index is 2.77. The molecule has 1 aromatic rings. The van der Waals surface area contributed by atoms with Crippen molar-refractivity contribution >= 4 is 17.6 Å². The van der Waals surface area contributed by atoms with Crippen molar-refractivity contribution in [3.05, 3.63) is 34.6 Å². The third-order valence-corrected chi connectivity index (χ3v) is 3.42. The summed E-state index contributed by atoms with van der Waals surface area (Å²) in [6.45, 7) is 7.43. The fourth-order valence-corrected chi connectivity index (χ4v) is 2.14. The summed E-state index contributed by atoms with van der Waals surface area (Å²) in [7, 11) is 0. The molecular weight excluding hydrogens is 295 g/mol. The van der Waals surface area contributed by atoms with E-state index in [1.54, 1.807) is 24.8 Å². The minimum Gasteiger partial charge on any atom is -0.392 e. The molecule has 118 valence electrons. The number of aliphatic hydroxyl groups is 1. The van der Waals surface area contributed by atoms with Crippen LogP contribution in [0.3, 0.4) is 0 Å². The van der Waals surface area contributed by atoms with E-state index in [1.165, 1.54) is 12.1 Å². The highest BCUT2D eigenvalue weighted by Gasteiger charge is 2.20. The Morgan fingerprint density at radius 1 is 1.38 bits per heavy atom. The number of benzene rings is 1. The summed E-state index contributed by atoms with van der Waals surface area (Å²) < 4.78 is 13.1. The van der Waals surface area contributed by atoms with Crippen LogP contribution in [-0.2, 0) is 0 Å². The van der Waals surface area contributed by atoms with Crippen LogP contribution in [0, 0.1) is 5.82 Å². The van der Waals surface area contributed by atoms with E-state index in [9.17, 15) is 14.3 Å². The van der Waals surface area contributed by atoms with Gasteiger partial charge >= 0.3 is 6.03 Å². The van der Waals surface area contributed by atoms with Crippen molar-refractivity contribution in [1.82, 2.24) is 10.2 Å². The lowest BCUT2D eigenvalue weighted by atomic mass is 10.1. The van der Waals surface area contributed by atoms with Gasteiger partial charge in [0.15, 0.2) is 0 Å². The van der Waals surface area contributed by atoms with Crippen molar-refractivity contribution in [3.63, 3.8) is 0 Å². The summed E-state index contributed by atoms with van der Waals surface area (Å²) in [5.74, 6) is -0.489. The highest BCUT2D eigenvalue weighted by Crippen LogP contribution is 2.21. The van der Waals surface area contributed by atoms with Gasteiger partial charge in [0.2, 0.25) is 0 Å². The molecule has 0 saturated heterocycles. The van der Waals surface area contributed by atoms with E-state index in [0.717, 1.165) is 5.56 Å². The van der Waals surface area contributed by atoms with Gasteiger partial charge in [0.05, 0.1) is 17.2 Å². The lowest BCUT2D eigenvalue weighted by Crippen LogP contribution is -2.47. The number of amides is 2. The number of rotatable bonds is 5. The van der Waals surface area contributed by atoms with Gasteiger partial charge in [-0.3, -0.25) is 0 Å². The van der Waals surface area contributed by atoms with E-state index < -0.39 is 11.9 Å². The minimum absolute atomic E-state index is 0.0262. The van der Waals surface area contributed by atoms with Gasteiger partial charge in [-0.1, -0.05) is 17.7 Å². The Hall–Kier alpha value is -1.33. The summed E-state index contributed by atoms with van der Waals surface area (Å²) in [5.41, 5.74) is 0.718. The molecule has 0 saturated carbocycles. The summed E-state index contributed by atoms with van der Waals surface area (Å²) in [6.07, 6.45) is -0.603. The lowest BCUT2D eigenvalue weighted by molar-refractivity contribution is 0.117. The highest BCUT2D eigenvalue weighted by molar-refractivity contribution is 6.30. The van der Waals surface area contributed by atoms with Gasteiger partial charge in [-0.25, -0.2) is 9.18 Å². The summed E-state index contributed by atoms with van der Waals surface area (Å²) in [4.78, 5) is 13.8. The topological polar surface area (TPSA) is 52.6 Å². The largest absolute Gasteiger partial charge is 0.392 e. The summed E-state index contributed by atoms with van der Waals surface area (Å²) in [5, 5.41) is 12.3. The lowest BCUT2D eigenvalue weighted by Gasteiger charge is -2.29. The molecule has 0 aliphatic rings. The third kappa shape index (κ3) is 5.17. The number of nitrogens with one attached hydrogen (secondary N) is 1. The second-order valence-electron chi connectivity index (χ2n) is 5.44. The minimum atomic E-state index is -0.603. The van der Waals surface area contributed by atoms with Gasteiger partial charge in [-0.05, 0) is 45.4 Å². The first kappa shape index (κ1) is 17.7. The fourth-order valence-electron chi connectivity index (χ4n) is 1.95. The number of carbonyl (C=O) groups is 1. The maximum absolute atomic E-state index is 13.1. The number of hydrogen-bond acceptors (Lipinski definition) is 2. The molecule has 2 unspecified atom stereocenters. The smallest absolute Gasteiger partial charge is 0.318 e. The zero-order valence-corrected chi connectivity index (χ0v) is 13.5. The molecule has 0 aliphatic heterocycles. The van der Waals surface area contributed by atoms with E-state index in [2.05, 4.69) is 5.32 Å². The number of halogens is 2. The molecule has 0 bridgehead atoms. The van der Waals surface area contributed by atoms with E-state index in [4.69, 9.17) is 11.6 Å². The van der Waals surface area contributed by atoms with Crippen LogP contribution in [-0.4, -0.2) is 34.7 Å². The summed E-state index contributed by atoms with van der Waals surface area (Å²) in [6, 6.07) is 3.72. The normalized spacial score (nSPS) is 13.9. The van der Waals surface area contributed by atoms with Gasteiger partial charge in [0, 0.05) is 12.6 Å². The summed E-state index contributed by atoms with van der Waals surface area (Å²) >= 11 is 5.75. The van der Waals surface area contributed by atoms with Crippen LogP contribution in [0.1, 0.15) is 39.3 Å². The molecule has 2 atom stereocenters. The zero-order chi connectivity index (χ0) is 16.2. The molecule has 0 radical (unpaired) electrons. The number of carbonyl (C=O) groups excluding carboxylic acids is 1. The zero-order valence-electron chi connectivity index (χ0n) is 12.7. The Morgan fingerprint density at radius 2 is 2.00 bits per heavy atom. The molecular formula is C15H22ClFN2O2. The first-order chi connectivity index (χ1) is 9.72. The van der Waals surface area contributed by atoms with Crippen molar-refractivity contribution in [3.8, 4) is 0 Å². The van der Waals surface area contributed by atoms with Crippen LogP contribution in [0.15, 0.2) is 18.2 Å². The maximum Gasteiger partial charge on any atom is 0.318 e. The molecule has 6 heteroatoms. The quantitative estimate of drug-likeness (QED) is 0.875. The SMILES string of the molecule is CC(O)CN(C(=O)NC(C)c1ccc(F)c(Cl)c1)C(C)C. The second kappa shape index (κ2) is 7.61. The second-order valence-corrected chi connectivity index (χ2v) is 5.85. The molecule has 4 nitrogen and oxygen atoms in total. The monoisotopic (exact) mass is 316 g/mol. The molecule has 0 aliphatic carbocycles. The molecule has 0 spiro atoms. The van der Waals surface area contributed by atoms with E-state index in [-0.39, 0.29) is 29.7 Å².